The number of hydrogen-bond acceptors (Lipinski definition) is 6. The largest absolute Gasteiger partial charge is 2.00 e. The quantitative estimate of drug-likeness (QED) is 0.0979. The van der Waals surface area contributed by atoms with Gasteiger partial charge in [-0.1, -0.05) is 18.2 Å². The van der Waals surface area contributed by atoms with Crippen molar-refractivity contribution in [2.45, 2.75) is 20.8 Å². The zero-order valence-electron chi connectivity index (χ0n) is 28.2. The van der Waals surface area contributed by atoms with Gasteiger partial charge in [0, 0.05) is 49.6 Å². The molecule has 0 N–H and O–H groups in total. The van der Waals surface area contributed by atoms with Crippen LogP contribution in [0.2, 0.25) is 0 Å². The van der Waals surface area contributed by atoms with Gasteiger partial charge in [-0.05, 0) is 110 Å². The van der Waals surface area contributed by atoms with E-state index in [1.54, 1.807) is 49.6 Å². The van der Waals surface area contributed by atoms with Crippen LogP contribution in [0.4, 0.5) is 50.4 Å². The molecular weight excluding hydrogens is 871 g/mol. The van der Waals surface area contributed by atoms with Crippen LogP contribution < -0.4 is 0 Å². The normalized spacial score (nSPS) is 12.8. The van der Waals surface area contributed by atoms with Gasteiger partial charge >= 0.3 is 85.5 Å². The van der Waals surface area contributed by atoms with Crippen LogP contribution in [0, 0.1) is 20.8 Å². The zero-order chi connectivity index (χ0) is 40.4. The number of hydrogen-bond donors (Lipinski definition) is 0. The Kier molecular flexibility index (Phi) is 17.6. The molecule has 0 aromatic carbocycles. The predicted octanol–water partition coefficient (Wildman–Crippen LogP) is 14.1. The SMILES string of the molecule is Cc1ccncc1.Cc1ccncc1.Cc1ccncc1.F[P-](F)(F)(F)(F)F.F[P-](F)(F)(F)(F)F.[Ru+2].c1ccc(-c2cccc(-c3ccccn3)n2)nc1. The maximum absolute atomic E-state index is 10.7. The molecule has 6 rings (SSSR count). The number of halogens is 12. The smallest absolute Gasteiger partial charge is 0.255 e. The first-order chi connectivity index (χ1) is 24.0. The molecule has 0 atom stereocenters. The third kappa shape index (κ3) is 35.9. The molecule has 0 aliphatic rings. The van der Waals surface area contributed by atoms with Gasteiger partial charge in [0.15, 0.2) is 0 Å². The summed E-state index contributed by atoms with van der Waals surface area (Å²) in [6, 6.07) is 29.3. The minimum Gasteiger partial charge on any atom is -0.255 e. The average Bonchev–Trinajstić information content (AvgIpc) is 3.05. The molecule has 0 aliphatic carbocycles. The average molecular weight is 904 g/mol. The summed E-state index contributed by atoms with van der Waals surface area (Å²) in [7, 11) is -21.3. The van der Waals surface area contributed by atoms with Crippen LogP contribution in [0.3, 0.4) is 0 Å². The van der Waals surface area contributed by atoms with Crippen molar-refractivity contribution >= 4 is 15.6 Å². The van der Waals surface area contributed by atoms with Gasteiger partial charge in [0.2, 0.25) is 0 Å². The molecule has 0 spiro atoms. The van der Waals surface area contributed by atoms with Crippen molar-refractivity contribution in [1.82, 2.24) is 29.9 Å². The van der Waals surface area contributed by atoms with E-state index in [9.17, 15) is 50.4 Å². The molecule has 0 radical (unpaired) electrons. The fourth-order valence-corrected chi connectivity index (χ4v) is 3.03. The van der Waals surface area contributed by atoms with Gasteiger partial charge < -0.3 is 0 Å². The molecule has 6 aromatic heterocycles. The van der Waals surface area contributed by atoms with E-state index in [0.717, 1.165) is 22.8 Å². The molecular formula is C33H32F12N6P2Ru. The van der Waals surface area contributed by atoms with Crippen molar-refractivity contribution in [1.29, 1.82) is 0 Å². The van der Waals surface area contributed by atoms with Gasteiger partial charge in [0.05, 0.1) is 22.8 Å². The molecule has 0 aliphatic heterocycles. The summed E-state index contributed by atoms with van der Waals surface area (Å²) in [5.74, 6) is 0. The Morgan fingerprint density at radius 2 is 0.574 bits per heavy atom. The molecule has 0 bridgehead atoms. The molecule has 54 heavy (non-hydrogen) atoms. The van der Waals surface area contributed by atoms with Crippen molar-refractivity contribution in [3.05, 3.63) is 157 Å². The number of aromatic nitrogens is 6. The molecule has 6 heterocycles. The first-order valence-electron chi connectivity index (χ1n) is 14.5. The standard InChI is InChI=1S/C15H11N3.3C6H7N.2F6P.Ru/c1-3-10-16-12(6-1)14-8-5-9-15(18-14)13-7-2-4-11-17-13;3*1-6-2-4-7-5-3-6;2*1-7(2,3,4,5)6;/h1-11H;3*2-5H,1H3;;;/q;;;;2*-1;+2. The number of aryl methyl sites for hydroxylation is 3. The summed E-state index contributed by atoms with van der Waals surface area (Å²) in [6.07, 6.45) is 14.3. The Hall–Kier alpha value is -4.46. The van der Waals surface area contributed by atoms with Crippen LogP contribution in [0.25, 0.3) is 22.8 Å². The molecule has 0 saturated heterocycles. The summed E-state index contributed by atoms with van der Waals surface area (Å²) in [4.78, 5) is 24.7. The monoisotopic (exact) mass is 904 g/mol. The van der Waals surface area contributed by atoms with E-state index < -0.39 is 15.6 Å². The Morgan fingerprint density at radius 3 is 0.759 bits per heavy atom. The van der Waals surface area contributed by atoms with Gasteiger partial charge in [-0.25, -0.2) is 4.98 Å². The summed E-state index contributed by atoms with van der Waals surface area (Å²) in [6.45, 7) is 6.13. The third-order valence-corrected chi connectivity index (χ3v) is 5.14. The van der Waals surface area contributed by atoms with Crippen LogP contribution in [-0.4, -0.2) is 29.9 Å². The van der Waals surface area contributed by atoms with Gasteiger partial charge in [0.25, 0.3) is 0 Å². The fourth-order valence-electron chi connectivity index (χ4n) is 3.03. The van der Waals surface area contributed by atoms with Crippen LogP contribution in [-0.2, 0) is 19.5 Å². The van der Waals surface area contributed by atoms with Crippen LogP contribution in [0.1, 0.15) is 16.7 Å². The molecule has 0 unspecified atom stereocenters. The first-order valence-corrected chi connectivity index (χ1v) is 18.6. The van der Waals surface area contributed by atoms with Crippen molar-refractivity contribution in [2.24, 2.45) is 0 Å². The molecule has 296 valence electrons. The van der Waals surface area contributed by atoms with E-state index in [0.29, 0.717) is 0 Å². The Balaban J connectivity index is 0.000000667. The Bertz CT molecular complexity index is 1720. The summed E-state index contributed by atoms with van der Waals surface area (Å²) in [5, 5.41) is 0. The Labute approximate surface area is 315 Å². The van der Waals surface area contributed by atoms with E-state index in [1.165, 1.54) is 16.7 Å². The van der Waals surface area contributed by atoms with E-state index in [1.807, 2.05) is 112 Å². The van der Waals surface area contributed by atoms with E-state index >= 15 is 0 Å². The second-order valence-corrected chi connectivity index (χ2v) is 14.2. The number of nitrogens with zero attached hydrogens (tertiary/aromatic N) is 6. The van der Waals surface area contributed by atoms with Crippen molar-refractivity contribution in [3.8, 4) is 22.8 Å². The molecule has 0 saturated carbocycles. The van der Waals surface area contributed by atoms with Crippen LogP contribution in [0.5, 0.6) is 0 Å². The molecule has 6 aromatic rings. The van der Waals surface area contributed by atoms with E-state index in [2.05, 4.69) is 29.9 Å². The van der Waals surface area contributed by atoms with Crippen LogP contribution >= 0.6 is 15.6 Å². The van der Waals surface area contributed by atoms with Crippen molar-refractivity contribution in [2.75, 3.05) is 0 Å². The topological polar surface area (TPSA) is 77.3 Å². The minimum absolute atomic E-state index is 0. The zero-order valence-corrected chi connectivity index (χ0v) is 31.8. The van der Waals surface area contributed by atoms with Crippen molar-refractivity contribution in [3.63, 3.8) is 0 Å². The molecule has 21 heteroatoms. The second kappa shape index (κ2) is 19.2. The maximum atomic E-state index is 9.87. The number of rotatable bonds is 2. The Morgan fingerprint density at radius 1 is 0.333 bits per heavy atom. The molecule has 0 amide bonds. The predicted molar refractivity (Wildman–Crippen MR) is 185 cm³/mol. The van der Waals surface area contributed by atoms with Gasteiger partial charge in [0.1, 0.15) is 0 Å². The van der Waals surface area contributed by atoms with Gasteiger partial charge in [-0.3, -0.25) is 24.9 Å². The van der Waals surface area contributed by atoms with E-state index in [-0.39, 0.29) is 19.5 Å². The van der Waals surface area contributed by atoms with Crippen molar-refractivity contribution < 1.29 is 69.8 Å². The summed E-state index contributed by atoms with van der Waals surface area (Å²) >= 11 is 0. The van der Waals surface area contributed by atoms with Gasteiger partial charge in [-0.2, -0.15) is 0 Å². The first kappa shape index (κ1) is 49.5. The minimum atomic E-state index is -10.7. The maximum Gasteiger partial charge on any atom is 2.00 e. The van der Waals surface area contributed by atoms with Gasteiger partial charge in [-0.15, -0.1) is 0 Å². The summed E-state index contributed by atoms with van der Waals surface area (Å²) < 4.78 is 118. The van der Waals surface area contributed by atoms with Crippen LogP contribution in [0.15, 0.2) is 141 Å². The second-order valence-electron chi connectivity index (χ2n) is 10.3. The molecule has 0 fully saturated rings. The fraction of sp³-hybridized carbons (Fsp3) is 0.0909. The number of pyridine rings is 6. The summed E-state index contributed by atoms with van der Waals surface area (Å²) in [5.41, 5.74) is 7.24. The molecule has 6 nitrogen and oxygen atoms in total. The van der Waals surface area contributed by atoms with E-state index in [4.69, 9.17) is 0 Å². The third-order valence-electron chi connectivity index (χ3n) is 5.14.